The van der Waals surface area contributed by atoms with Crippen molar-refractivity contribution in [3.63, 3.8) is 0 Å². The first kappa shape index (κ1) is 12.3. The first-order chi connectivity index (χ1) is 9.28. The molecule has 0 saturated heterocycles. The van der Waals surface area contributed by atoms with Crippen molar-refractivity contribution >= 4 is 17.1 Å². The Morgan fingerprint density at radius 1 is 1.47 bits per heavy atom. The van der Waals surface area contributed by atoms with Gasteiger partial charge in [-0.1, -0.05) is 0 Å². The van der Waals surface area contributed by atoms with Gasteiger partial charge in [-0.25, -0.2) is 4.98 Å². The van der Waals surface area contributed by atoms with E-state index in [1.807, 2.05) is 12.1 Å². The molecule has 1 aromatic heterocycles. The molecule has 1 aromatic carbocycles. The molecule has 0 radical (unpaired) electrons. The summed E-state index contributed by atoms with van der Waals surface area (Å²) in [5.41, 5.74) is 7.77. The highest BCUT2D eigenvalue weighted by Crippen LogP contribution is 2.27. The molecule has 1 aliphatic rings. The fourth-order valence-electron chi connectivity index (χ4n) is 2.13. The van der Waals surface area contributed by atoms with E-state index >= 15 is 0 Å². The summed E-state index contributed by atoms with van der Waals surface area (Å²) in [4.78, 5) is 16.7. The Morgan fingerprint density at radius 3 is 3.21 bits per heavy atom. The van der Waals surface area contributed by atoms with Crippen LogP contribution in [-0.4, -0.2) is 23.9 Å². The van der Waals surface area contributed by atoms with Crippen LogP contribution in [0.4, 0.5) is 0 Å². The number of aromatic nitrogens is 1. The molecule has 4 nitrogen and oxygen atoms in total. The summed E-state index contributed by atoms with van der Waals surface area (Å²) < 4.78 is 5.44. The summed E-state index contributed by atoms with van der Waals surface area (Å²) in [6.45, 7) is 1.25. The maximum absolute atomic E-state index is 12.3. The van der Waals surface area contributed by atoms with E-state index in [1.165, 1.54) is 11.3 Å². The normalized spacial score (nSPS) is 13.1. The number of ether oxygens (including phenoxy) is 1. The lowest BCUT2D eigenvalue weighted by Crippen LogP contribution is -2.05. The van der Waals surface area contributed by atoms with Crippen molar-refractivity contribution < 1.29 is 9.53 Å². The molecule has 5 heteroatoms. The van der Waals surface area contributed by atoms with Crippen LogP contribution < -0.4 is 10.5 Å². The second kappa shape index (κ2) is 5.11. The van der Waals surface area contributed by atoms with E-state index in [0.717, 1.165) is 29.2 Å². The molecule has 0 aliphatic carbocycles. The molecule has 0 saturated carbocycles. The minimum atomic E-state index is -0.0331. The largest absolute Gasteiger partial charge is 0.493 e. The van der Waals surface area contributed by atoms with Crippen molar-refractivity contribution in [2.45, 2.75) is 12.8 Å². The Labute approximate surface area is 115 Å². The summed E-state index contributed by atoms with van der Waals surface area (Å²) in [6, 6.07) is 5.57. The second-order valence-electron chi connectivity index (χ2n) is 4.42. The quantitative estimate of drug-likeness (QED) is 0.864. The molecule has 0 unspecified atom stereocenters. The molecule has 0 amide bonds. The fraction of sp³-hybridized carbons (Fsp3) is 0.286. The summed E-state index contributed by atoms with van der Waals surface area (Å²) in [6.07, 6.45) is 1.59. The molecule has 1 aliphatic heterocycles. The lowest BCUT2D eigenvalue weighted by Gasteiger charge is -2.01. The zero-order valence-corrected chi connectivity index (χ0v) is 11.2. The van der Waals surface area contributed by atoms with Crippen LogP contribution in [0.25, 0.3) is 0 Å². The van der Waals surface area contributed by atoms with Gasteiger partial charge in [0.25, 0.3) is 0 Å². The van der Waals surface area contributed by atoms with Crippen LogP contribution in [0.3, 0.4) is 0 Å². The fourth-order valence-corrected chi connectivity index (χ4v) is 2.92. The van der Waals surface area contributed by atoms with Gasteiger partial charge in [0.15, 0.2) is 0 Å². The van der Waals surface area contributed by atoms with Crippen LogP contribution in [0.1, 0.15) is 26.6 Å². The molecular weight excluding hydrogens is 260 g/mol. The molecular formula is C14H14N2O2S. The van der Waals surface area contributed by atoms with Gasteiger partial charge in [0.05, 0.1) is 11.6 Å². The van der Waals surface area contributed by atoms with Gasteiger partial charge in [0.2, 0.25) is 5.78 Å². The molecule has 98 valence electrons. The summed E-state index contributed by atoms with van der Waals surface area (Å²) in [7, 11) is 0. The average molecular weight is 274 g/mol. The van der Waals surface area contributed by atoms with Crippen molar-refractivity contribution in [2.24, 2.45) is 5.73 Å². The van der Waals surface area contributed by atoms with Crippen LogP contribution in [0.15, 0.2) is 23.6 Å². The number of ketones is 1. The maximum Gasteiger partial charge on any atom is 0.212 e. The smallest absolute Gasteiger partial charge is 0.212 e. The summed E-state index contributed by atoms with van der Waals surface area (Å²) in [5, 5.41) is 2.71. The van der Waals surface area contributed by atoms with Crippen molar-refractivity contribution in [1.82, 2.24) is 4.98 Å². The predicted molar refractivity (Wildman–Crippen MR) is 73.9 cm³/mol. The van der Waals surface area contributed by atoms with Gasteiger partial charge >= 0.3 is 0 Å². The van der Waals surface area contributed by atoms with Crippen LogP contribution in [-0.2, 0) is 12.8 Å². The van der Waals surface area contributed by atoms with Crippen molar-refractivity contribution in [1.29, 1.82) is 0 Å². The summed E-state index contributed by atoms with van der Waals surface area (Å²) >= 11 is 1.49. The van der Waals surface area contributed by atoms with Crippen molar-refractivity contribution in [2.75, 3.05) is 13.2 Å². The first-order valence-corrected chi connectivity index (χ1v) is 7.11. The number of carbonyl (C=O) groups is 1. The Bertz CT molecular complexity index is 622. The maximum atomic E-state index is 12.3. The number of benzene rings is 1. The lowest BCUT2D eigenvalue weighted by molar-refractivity contribution is 0.103. The van der Waals surface area contributed by atoms with E-state index in [-0.39, 0.29) is 5.78 Å². The van der Waals surface area contributed by atoms with Gasteiger partial charge < -0.3 is 10.5 Å². The zero-order valence-electron chi connectivity index (χ0n) is 10.4. The van der Waals surface area contributed by atoms with Gasteiger partial charge in [-0.05, 0) is 30.3 Å². The summed E-state index contributed by atoms with van der Waals surface area (Å²) in [5.74, 6) is 0.855. The van der Waals surface area contributed by atoms with Gasteiger partial charge in [0.1, 0.15) is 11.4 Å². The van der Waals surface area contributed by atoms with E-state index < -0.39 is 0 Å². The monoisotopic (exact) mass is 274 g/mol. The number of hydrogen-bond donors (Lipinski definition) is 1. The van der Waals surface area contributed by atoms with Crippen LogP contribution in [0.2, 0.25) is 0 Å². The van der Waals surface area contributed by atoms with Gasteiger partial charge in [-0.15, -0.1) is 11.3 Å². The van der Waals surface area contributed by atoms with Gasteiger partial charge in [-0.2, -0.15) is 0 Å². The van der Waals surface area contributed by atoms with Crippen LogP contribution in [0, 0.1) is 0 Å². The van der Waals surface area contributed by atoms with Crippen molar-refractivity contribution in [3.8, 4) is 5.75 Å². The Hall–Kier alpha value is -1.72. The van der Waals surface area contributed by atoms with Gasteiger partial charge in [0, 0.05) is 23.8 Å². The molecule has 19 heavy (non-hydrogen) atoms. The number of nitrogens with zero attached hydrogens (tertiary/aromatic N) is 1. The van der Waals surface area contributed by atoms with Crippen LogP contribution in [0.5, 0.6) is 5.75 Å². The highest BCUT2D eigenvalue weighted by molar-refractivity contribution is 7.09. The Kier molecular flexibility index (Phi) is 3.31. The zero-order chi connectivity index (χ0) is 13.2. The highest BCUT2D eigenvalue weighted by atomic mass is 32.1. The third kappa shape index (κ3) is 2.39. The number of thiazole rings is 1. The number of nitrogens with two attached hydrogens (primary N) is 1. The lowest BCUT2D eigenvalue weighted by atomic mass is 10.0. The predicted octanol–water partition coefficient (Wildman–Crippen LogP) is 1.81. The standard InChI is InChI=1S/C14H14N2O2S/c15-5-3-13-16-11(8-19-13)14(17)10-1-2-12-9(7-10)4-6-18-12/h1-2,7-8H,3-6,15H2. The van der Waals surface area contributed by atoms with E-state index in [9.17, 15) is 4.79 Å². The van der Waals surface area contributed by atoms with E-state index in [1.54, 1.807) is 11.4 Å². The molecule has 2 heterocycles. The Balaban J connectivity index is 1.86. The van der Waals surface area contributed by atoms with E-state index in [0.29, 0.717) is 24.4 Å². The number of fused-ring (bicyclic) bond motifs is 1. The molecule has 0 fully saturated rings. The third-order valence-electron chi connectivity index (χ3n) is 3.09. The molecule has 3 rings (SSSR count). The van der Waals surface area contributed by atoms with Gasteiger partial charge in [-0.3, -0.25) is 4.79 Å². The minimum Gasteiger partial charge on any atom is -0.493 e. The van der Waals surface area contributed by atoms with E-state index in [2.05, 4.69) is 4.98 Å². The molecule has 0 spiro atoms. The SMILES string of the molecule is NCCc1nc(C(=O)c2ccc3c(c2)CCO3)cs1. The van der Waals surface area contributed by atoms with Crippen LogP contribution >= 0.6 is 11.3 Å². The molecule has 2 N–H and O–H groups in total. The average Bonchev–Trinajstić information content (AvgIpc) is 3.05. The number of carbonyl (C=O) groups excluding carboxylic acids is 1. The topological polar surface area (TPSA) is 65.2 Å². The molecule has 2 aromatic rings. The molecule has 0 atom stereocenters. The van der Waals surface area contributed by atoms with Crippen molar-refractivity contribution in [3.05, 3.63) is 45.4 Å². The highest BCUT2D eigenvalue weighted by Gasteiger charge is 2.17. The third-order valence-corrected chi connectivity index (χ3v) is 4.00. The van der Waals surface area contributed by atoms with E-state index in [4.69, 9.17) is 10.5 Å². The second-order valence-corrected chi connectivity index (χ2v) is 5.36. The number of hydrogen-bond acceptors (Lipinski definition) is 5. The number of rotatable bonds is 4. The molecule has 0 bridgehead atoms. The minimum absolute atomic E-state index is 0.0331. The first-order valence-electron chi connectivity index (χ1n) is 6.23. The Morgan fingerprint density at radius 2 is 2.37 bits per heavy atom.